The first-order chi connectivity index (χ1) is 12.5. The van der Waals surface area contributed by atoms with Gasteiger partial charge in [0.15, 0.2) is 0 Å². The molecular formula is C19H26N4O2S. The minimum Gasteiger partial charge on any atom is -0.366 e. The first-order valence-corrected chi connectivity index (χ1v) is 10.4. The maximum Gasteiger partial charge on any atom is 0.244 e. The maximum absolute atomic E-state index is 12.7. The van der Waals surface area contributed by atoms with Gasteiger partial charge >= 0.3 is 0 Å². The summed E-state index contributed by atoms with van der Waals surface area (Å²) in [7, 11) is -1.46. The molecule has 6 nitrogen and oxygen atoms in total. The van der Waals surface area contributed by atoms with Crippen LogP contribution in [0.3, 0.4) is 0 Å². The van der Waals surface area contributed by atoms with E-state index in [0.717, 1.165) is 19.5 Å². The van der Waals surface area contributed by atoms with Gasteiger partial charge in [0.05, 0.1) is 0 Å². The molecule has 1 aliphatic rings. The molecule has 0 spiro atoms. The number of nitrogens with one attached hydrogen (secondary N) is 1. The van der Waals surface area contributed by atoms with Crippen LogP contribution < -0.4 is 5.32 Å². The summed E-state index contributed by atoms with van der Waals surface area (Å²) in [6, 6.07) is 11.6. The van der Waals surface area contributed by atoms with Crippen LogP contribution in [-0.2, 0) is 23.0 Å². The Balaban J connectivity index is 1.66. The molecule has 1 saturated heterocycles. The number of aryl methyl sites for hydroxylation is 1. The van der Waals surface area contributed by atoms with Gasteiger partial charge in [-0.3, -0.25) is 0 Å². The summed E-state index contributed by atoms with van der Waals surface area (Å²) in [5.74, 6) is 0.674. The fourth-order valence-corrected chi connectivity index (χ4v) is 4.44. The normalized spacial score (nSPS) is 16.5. The summed E-state index contributed by atoms with van der Waals surface area (Å²) in [5.41, 5.74) is 2.53. The number of hydrogen-bond acceptors (Lipinski definition) is 5. The van der Waals surface area contributed by atoms with Crippen LogP contribution in [0, 0.1) is 0 Å². The standard InChI is InChI=1S/C19H26N4O2S/c1-3-16-6-4-5-7-17(16)14-20-19-9-8-18(15-21-19)26(24,25)23-12-10-22(2)11-13-23/h4-9,15H,3,10-14H2,1-2H3,(H,20,21). The number of piperazine rings is 1. The quantitative estimate of drug-likeness (QED) is 0.840. The Kier molecular flexibility index (Phi) is 5.90. The second kappa shape index (κ2) is 8.16. The second-order valence-electron chi connectivity index (χ2n) is 6.56. The number of hydrogen-bond donors (Lipinski definition) is 1. The Morgan fingerprint density at radius 3 is 2.35 bits per heavy atom. The zero-order valence-corrected chi connectivity index (χ0v) is 16.2. The number of aromatic nitrogens is 1. The molecule has 0 atom stereocenters. The average molecular weight is 375 g/mol. The summed E-state index contributed by atoms with van der Waals surface area (Å²) in [6.07, 6.45) is 2.43. The summed E-state index contributed by atoms with van der Waals surface area (Å²) in [6.45, 7) is 5.35. The molecule has 1 fully saturated rings. The monoisotopic (exact) mass is 374 g/mol. The van der Waals surface area contributed by atoms with Crippen LogP contribution in [0.25, 0.3) is 0 Å². The van der Waals surface area contributed by atoms with Crippen molar-refractivity contribution in [3.05, 3.63) is 53.7 Å². The number of anilines is 1. The summed E-state index contributed by atoms with van der Waals surface area (Å²) >= 11 is 0. The Labute approximate surface area is 155 Å². The van der Waals surface area contributed by atoms with E-state index in [-0.39, 0.29) is 4.90 Å². The highest BCUT2D eigenvalue weighted by Gasteiger charge is 2.27. The smallest absolute Gasteiger partial charge is 0.244 e. The van der Waals surface area contributed by atoms with Gasteiger partial charge in [0.25, 0.3) is 0 Å². The Bertz CT molecular complexity index is 829. The molecule has 3 rings (SSSR count). The first-order valence-electron chi connectivity index (χ1n) is 8.96. The number of nitrogens with zero attached hydrogens (tertiary/aromatic N) is 3. The van der Waals surface area contributed by atoms with Crippen molar-refractivity contribution < 1.29 is 8.42 Å². The number of rotatable bonds is 6. The third-order valence-electron chi connectivity index (χ3n) is 4.80. The fraction of sp³-hybridized carbons (Fsp3) is 0.421. The molecule has 0 radical (unpaired) electrons. The maximum atomic E-state index is 12.7. The largest absolute Gasteiger partial charge is 0.366 e. The van der Waals surface area contributed by atoms with Crippen molar-refractivity contribution in [3.8, 4) is 0 Å². The highest BCUT2D eigenvalue weighted by atomic mass is 32.2. The Hall–Kier alpha value is -1.96. The topological polar surface area (TPSA) is 65.5 Å². The van der Waals surface area contributed by atoms with Crippen LogP contribution in [0.2, 0.25) is 0 Å². The van der Waals surface area contributed by atoms with Crippen molar-refractivity contribution in [3.63, 3.8) is 0 Å². The molecule has 2 heterocycles. The summed E-state index contributed by atoms with van der Waals surface area (Å²) in [4.78, 5) is 6.68. The molecule has 7 heteroatoms. The molecule has 26 heavy (non-hydrogen) atoms. The number of likely N-dealkylation sites (N-methyl/N-ethyl adjacent to an activating group) is 1. The number of pyridine rings is 1. The molecule has 1 N–H and O–H groups in total. The molecular weight excluding hydrogens is 348 g/mol. The second-order valence-corrected chi connectivity index (χ2v) is 8.50. The van der Waals surface area contributed by atoms with Crippen molar-refractivity contribution in [2.75, 3.05) is 38.5 Å². The number of benzene rings is 1. The molecule has 1 aromatic carbocycles. The van der Waals surface area contributed by atoms with E-state index in [1.54, 1.807) is 12.1 Å². The third kappa shape index (κ3) is 4.23. The van der Waals surface area contributed by atoms with Crippen LogP contribution in [0.5, 0.6) is 0 Å². The van der Waals surface area contributed by atoms with E-state index in [0.29, 0.717) is 25.5 Å². The molecule has 0 bridgehead atoms. The lowest BCUT2D eigenvalue weighted by molar-refractivity contribution is 0.222. The van der Waals surface area contributed by atoms with E-state index in [4.69, 9.17) is 0 Å². The SMILES string of the molecule is CCc1ccccc1CNc1ccc(S(=O)(=O)N2CCN(C)CC2)cn1. The van der Waals surface area contributed by atoms with Gasteiger partial charge in [0.2, 0.25) is 10.0 Å². The van der Waals surface area contributed by atoms with Gasteiger partial charge in [-0.1, -0.05) is 31.2 Å². The minimum atomic E-state index is -3.46. The van der Waals surface area contributed by atoms with E-state index >= 15 is 0 Å². The van der Waals surface area contributed by atoms with Crippen LogP contribution in [0.4, 0.5) is 5.82 Å². The van der Waals surface area contributed by atoms with Gasteiger partial charge in [0, 0.05) is 38.9 Å². The first kappa shape index (κ1) is 18.8. The fourth-order valence-electron chi connectivity index (χ4n) is 3.08. The van der Waals surface area contributed by atoms with Crippen LogP contribution >= 0.6 is 0 Å². The van der Waals surface area contributed by atoms with Gasteiger partial charge in [-0.05, 0) is 36.7 Å². The van der Waals surface area contributed by atoms with Gasteiger partial charge in [-0.2, -0.15) is 4.31 Å². The molecule has 0 aliphatic carbocycles. The zero-order valence-electron chi connectivity index (χ0n) is 15.4. The minimum absolute atomic E-state index is 0.251. The highest BCUT2D eigenvalue weighted by molar-refractivity contribution is 7.89. The molecule has 0 amide bonds. The van der Waals surface area contributed by atoms with Crippen LogP contribution in [0.1, 0.15) is 18.1 Å². The van der Waals surface area contributed by atoms with Gasteiger partial charge in [0.1, 0.15) is 10.7 Å². The van der Waals surface area contributed by atoms with Crippen molar-refractivity contribution in [1.29, 1.82) is 0 Å². The lowest BCUT2D eigenvalue weighted by Crippen LogP contribution is -2.47. The summed E-state index contributed by atoms with van der Waals surface area (Å²) < 4.78 is 27.0. The van der Waals surface area contributed by atoms with Gasteiger partial charge < -0.3 is 10.2 Å². The van der Waals surface area contributed by atoms with E-state index < -0.39 is 10.0 Å². The zero-order chi connectivity index (χ0) is 18.6. The van der Waals surface area contributed by atoms with Crippen molar-refractivity contribution >= 4 is 15.8 Å². The highest BCUT2D eigenvalue weighted by Crippen LogP contribution is 2.18. The van der Waals surface area contributed by atoms with E-state index in [1.807, 2.05) is 19.2 Å². The average Bonchev–Trinajstić information content (AvgIpc) is 2.67. The Morgan fingerprint density at radius 1 is 1.04 bits per heavy atom. The van der Waals surface area contributed by atoms with E-state index in [9.17, 15) is 8.42 Å². The van der Waals surface area contributed by atoms with Crippen molar-refractivity contribution in [2.24, 2.45) is 0 Å². The molecule has 1 aromatic heterocycles. The third-order valence-corrected chi connectivity index (χ3v) is 6.68. The van der Waals surface area contributed by atoms with Crippen LogP contribution in [-0.4, -0.2) is 55.8 Å². The molecule has 0 unspecified atom stereocenters. The molecule has 2 aromatic rings. The molecule has 0 saturated carbocycles. The molecule has 140 valence electrons. The predicted molar refractivity (Wildman–Crippen MR) is 104 cm³/mol. The van der Waals surface area contributed by atoms with Crippen LogP contribution in [0.15, 0.2) is 47.5 Å². The summed E-state index contributed by atoms with van der Waals surface area (Å²) in [5, 5.41) is 3.27. The van der Waals surface area contributed by atoms with E-state index in [2.05, 4.69) is 34.3 Å². The number of sulfonamides is 1. The lowest BCUT2D eigenvalue weighted by Gasteiger charge is -2.31. The van der Waals surface area contributed by atoms with Gasteiger partial charge in [-0.25, -0.2) is 13.4 Å². The lowest BCUT2D eigenvalue weighted by atomic mass is 10.1. The van der Waals surface area contributed by atoms with E-state index in [1.165, 1.54) is 21.6 Å². The van der Waals surface area contributed by atoms with Gasteiger partial charge in [-0.15, -0.1) is 0 Å². The van der Waals surface area contributed by atoms with Crippen molar-refractivity contribution in [1.82, 2.24) is 14.2 Å². The van der Waals surface area contributed by atoms with Crippen molar-refractivity contribution in [2.45, 2.75) is 24.8 Å². The molecule has 1 aliphatic heterocycles. The predicted octanol–water partition coefficient (Wildman–Crippen LogP) is 2.19. The Morgan fingerprint density at radius 2 is 1.73 bits per heavy atom.